The van der Waals surface area contributed by atoms with Crippen molar-refractivity contribution in [1.82, 2.24) is 19.3 Å². The number of carbonyl (C=O) groups is 1. The molecule has 0 aliphatic carbocycles. The maximum absolute atomic E-state index is 12.6. The summed E-state index contributed by atoms with van der Waals surface area (Å²) < 4.78 is 9.12. The van der Waals surface area contributed by atoms with Gasteiger partial charge in [-0.25, -0.2) is 0 Å². The van der Waals surface area contributed by atoms with Gasteiger partial charge in [0.1, 0.15) is 5.75 Å². The van der Waals surface area contributed by atoms with E-state index in [0.29, 0.717) is 5.75 Å². The standard InChI is InChI=1S/C19H22N4O2S/c1-12-10-16(13(2)22(12)3)17(24)11-26-19-21-20-18(23(19)4)14-6-8-15(25-5)9-7-14/h6-10H,11H2,1-5H3. The third-order valence-corrected chi connectivity index (χ3v) is 5.61. The molecule has 0 fully saturated rings. The highest BCUT2D eigenvalue weighted by Crippen LogP contribution is 2.25. The molecule has 136 valence electrons. The summed E-state index contributed by atoms with van der Waals surface area (Å²) in [5.41, 5.74) is 3.80. The fraction of sp³-hybridized carbons (Fsp3) is 0.316. The highest BCUT2D eigenvalue weighted by Gasteiger charge is 2.17. The molecule has 0 bridgehead atoms. The minimum Gasteiger partial charge on any atom is -0.497 e. The van der Waals surface area contributed by atoms with Gasteiger partial charge in [-0.3, -0.25) is 4.79 Å². The van der Waals surface area contributed by atoms with Crippen LogP contribution in [0.3, 0.4) is 0 Å². The molecule has 0 saturated heterocycles. The molecule has 0 atom stereocenters. The number of ketones is 1. The first-order valence-corrected chi connectivity index (χ1v) is 9.23. The quantitative estimate of drug-likeness (QED) is 0.491. The average molecular weight is 370 g/mol. The number of thioether (sulfide) groups is 1. The van der Waals surface area contributed by atoms with Crippen molar-refractivity contribution in [3.05, 3.63) is 47.3 Å². The monoisotopic (exact) mass is 370 g/mol. The number of carbonyl (C=O) groups excluding carboxylic acids is 1. The number of nitrogens with zero attached hydrogens (tertiary/aromatic N) is 4. The van der Waals surface area contributed by atoms with Crippen LogP contribution in [0.15, 0.2) is 35.5 Å². The first-order valence-electron chi connectivity index (χ1n) is 8.25. The van der Waals surface area contributed by atoms with Crippen LogP contribution < -0.4 is 4.74 Å². The van der Waals surface area contributed by atoms with Crippen LogP contribution in [0, 0.1) is 13.8 Å². The van der Waals surface area contributed by atoms with Gasteiger partial charge in [0, 0.05) is 36.6 Å². The molecule has 0 saturated carbocycles. The van der Waals surface area contributed by atoms with E-state index in [1.165, 1.54) is 11.8 Å². The predicted molar refractivity (Wildman–Crippen MR) is 103 cm³/mol. The lowest BCUT2D eigenvalue weighted by molar-refractivity contribution is 0.102. The summed E-state index contributed by atoms with van der Waals surface area (Å²) in [6.07, 6.45) is 0. The Kier molecular flexibility index (Phi) is 5.18. The minimum absolute atomic E-state index is 0.102. The lowest BCUT2D eigenvalue weighted by Gasteiger charge is -2.05. The van der Waals surface area contributed by atoms with Crippen molar-refractivity contribution >= 4 is 17.5 Å². The van der Waals surface area contributed by atoms with E-state index >= 15 is 0 Å². The van der Waals surface area contributed by atoms with Gasteiger partial charge < -0.3 is 13.9 Å². The zero-order valence-electron chi connectivity index (χ0n) is 15.6. The van der Waals surface area contributed by atoms with Crippen molar-refractivity contribution in [1.29, 1.82) is 0 Å². The van der Waals surface area contributed by atoms with Crippen molar-refractivity contribution in [2.75, 3.05) is 12.9 Å². The Morgan fingerprint density at radius 1 is 1.12 bits per heavy atom. The van der Waals surface area contributed by atoms with Gasteiger partial charge in [-0.05, 0) is 44.2 Å². The maximum atomic E-state index is 12.6. The summed E-state index contributed by atoms with van der Waals surface area (Å²) in [6, 6.07) is 9.61. The largest absolute Gasteiger partial charge is 0.497 e. The number of hydrogen-bond acceptors (Lipinski definition) is 5. The molecule has 0 aliphatic rings. The van der Waals surface area contributed by atoms with E-state index < -0.39 is 0 Å². The molecule has 1 aromatic carbocycles. The molecule has 3 rings (SSSR count). The number of ether oxygens (including phenoxy) is 1. The fourth-order valence-electron chi connectivity index (χ4n) is 2.78. The second-order valence-corrected chi connectivity index (χ2v) is 7.09. The van der Waals surface area contributed by atoms with E-state index in [-0.39, 0.29) is 5.78 Å². The molecule has 6 nitrogen and oxygen atoms in total. The van der Waals surface area contributed by atoms with Crippen molar-refractivity contribution < 1.29 is 9.53 Å². The van der Waals surface area contributed by atoms with Crippen LogP contribution in [-0.2, 0) is 14.1 Å². The van der Waals surface area contributed by atoms with Crippen LogP contribution in [0.4, 0.5) is 0 Å². The zero-order chi connectivity index (χ0) is 18.8. The molecule has 0 amide bonds. The topological polar surface area (TPSA) is 61.9 Å². The molecular weight excluding hydrogens is 348 g/mol. The van der Waals surface area contributed by atoms with Gasteiger partial charge in [-0.2, -0.15) is 0 Å². The third kappa shape index (κ3) is 3.39. The Morgan fingerprint density at radius 3 is 2.38 bits per heavy atom. The highest BCUT2D eigenvalue weighted by molar-refractivity contribution is 7.99. The lowest BCUT2D eigenvalue weighted by Crippen LogP contribution is -2.05. The number of aryl methyl sites for hydroxylation is 1. The number of aromatic nitrogens is 4. The molecule has 26 heavy (non-hydrogen) atoms. The van der Waals surface area contributed by atoms with Gasteiger partial charge in [-0.1, -0.05) is 11.8 Å². The summed E-state index contributed by atoms with van der Waals surface area (Å²) >= 11 is 1.40. The maximum Gasteiger partial charge on any atom is 0.191 e. The third-order valence-electron chi connectivity index (χ3n) is 4.59. The van der Waals surface area contributed by atoms with Crippen molar-refractivity contribution in [2.45, 2.75) is 19.0 Å². The van der Waals surface area contributed by atoms with E-state index in [1.54, 1.807) is 7.11 Å². The summed E-state index contributed by atoms with van der Waals surface area (Å²) in [5, 5.41) is 9.21. The Labute approximate surface area is 157 Å². The molecule has 0 unspecified atom stereocenters. The normalized spacial score (nSPS) is 11.0. The van der Waals surface area contributed by atoms with E-state index in [1.807, 2.05) is 67.4 Å². The molecule has 0 N–H and O–H groups in total. The fourth-order valence-corrected chi connectivity index (χ4v) is 3.57. The van der Waals surface area contributed by atoms with Gasteiger partial charge >= 0.3 is 0 Å². The van der Waals surface area contributed by atoms with Crippen LogP contribution >= 0.6 is 11.8 Å². The highest BCUT2D eigenvalue weighted by atomic mass is 32.2. The first-order chi connectivity index (χ1) is 12.4. The summed E-state index contributed by atoms with van der Waals surface area (Å²) in [6.45, 7) is 3.97. The average Bonchev–Trinajstić information content (AvgIpc) is 3.14. The molecule has 0 radical (unpaired) electrons. The summed E-state index contributed by atoms with van der Waals surface area (Å²) in [5.74, 6) is 1.99. The van der Waals surface area contributed by atoms with Crippen LogP contribution in [0.25, 0.3) is 11.4 Å². The SMILES string of the molecule is COc1ccc(-c2nnc(SCC(=O)c3cc(C)n(C)c3C)n2C)cc1. The molecule has 0 spiro atoms. The molecule has 2 heterocycles. The minimum atomic E-state index is 0.102. The summed E-state index contributed by atoms with van der Waals surface area (Å²) in [4.78, 5) is 12.6. The number of rotatable bonds is 6. The predicted octanol–water partition coefficient (Wildman–Crippen LogP) is 3.42. The van der Waals surface area contributed by atoms with Gasteiger partial charge in [0.25, 0.3) is 0 Å². The van der Waals surface area contributed by atoms with E-state index in [4.69, 9.17) is 4.74 Å². The van der Waals surface area contributed by atoms with Gasteiger partial charge in [0.05, 0.1) is 12.9 Å². The van der Waals surface area contributed by atoms with Crippen molar-refractivity contribution in [3.8, 4) is 17.1 Å². The smallest absolute Gasteiger partial charge is 0.191 e. The number of benzene rings is 1. The van der Waals surface area contributed by atoms with E-state index in [9.17, 15) is 4.79 Å². The molecule has 7 heteroatoms. The second-order valence-electron chi connectivity index (χ2n) is 6.15. The van der Waals surface area contributed by atoms with Gasteiger partial charge in [0.15, 0.2) is 16.8 Å². The molecule has 2 aromatic heterocycles. The van der Waals surface area contributed by atoms with E-state index in [0.717, 1.165) is 39.2 Å². The van der Waals surface area contributed by atoms with Crippen LogP contribution in [0.1, 0.15) is 21.7 Å². The Morgan fingerprint density at radius 2 is 1.81 bits per heavy atom. The number of methoxy groups -OCH3 is 1. The molecule has 3 aromatic rings. The Hall–Kier alpha value is -2.54. The number of Topliss-reactive ketones (excluding diaryl/α,β-unsaturated/α-hetero) is 1. The van der Waals surface area contributed by atoms with Crippen molar-refractivity contribution in [2.24, 2.45) is 14.1 Å². The first kappa shape index (κ1) is 18.3. The Bertz CT molecular complexity index is 941. The van der Waals surface area contributed by atoms with Crippen LogP contribution in [-0.4, -0.2) is 38.0 Å². The van der Waals surface area contributed by atoms with E-state index in [2.05, 4.69) is 10.2 Å². The van der Waals surface area contributed by atoms with Crippen molar-refractivity contribution in [3.63, 3.8) is 0 Å². The molecule has 0 aliphatic heterocycles. The van der Waals surface area contributed by atoms with Gasteiger partial charge in [0.2, 0.25) is 0 Å². The zero-order valence-corrected chi connectivity index (χ0v) is 16.4. The van der Waals surface area contributed by atoms with Crippen LogP contribution in [0.5, 0.6) is 5.75 Å². The number of hydrogen-bond donors (Lipinski definition) is 0. The lowest BCUT2D eigenvalue weighted by atomic mass is 10.2. The second kappa shape index (κ2) is 7.37. The summed E-state index contributed by atoms with van der Waals surface area (Å²) in [7, 11) is 5.52. The Balaban J connectivity index is 1.74. The van der Waals surface area contributed by atoms with Crippen LogP contribution in [0.2, 0.25) is 0 Å². The van der Waals surface area contributed by atoms with Gasteiger partial charge in [-0.15, -0.1) is 10.2 Å². The molecular formula is C19H22N4O2S.